The maximum absolute atomic E-state index is 15.2. The Bertz CT molecular complexity index is 1250. The smallest absolute Gasteiger partial charge is 0.338 e. The molecule has 2 aromatic carbocycles. The summed E-state index contributed by atoms with van der Waals surface area (Å²) in [6.45, 7) is 1.52. The number of benzene rings is 2. The SMILES string of the molecule is Cc1cc(C(=O)O)c(F)c(F)c1C1=C2C=CC(=O)C=C2S(C)(C)c2cc(O)ccc21. The molecule has 30 heavy (non-hydrogen) atoms. The number of fused-ring (bicyclic) bond motifs is 2. The molecule has 0 radical (unpaired) electrons. The van der Waals surface area contributed by atoms with Gasteiger partial charge in [0, 0.05) is 20.9 Å². The van der Waals surface area contributed by atoms with E-state index in [2.05, 4.69) is 0 Å². The molecule has 2 aromatic rings. The zero-order chi connectivity index (χ0) is 22.0. The van der Waals surface area contributed by atoms with Gasteiger partial charge in [-0.25, -0.2) is 13.6 Å². The van der Waals surface area contributed by atoms with E-state index in [0.29, 0.717) is 21.6 Å². The van der Waals surface area contributed by atoms with Gasteiger partial charge in [0.1, 0.15) is 5.75 Å². The first-order chi connectivity index (χ1) is 14.0. The molecule has 154 valence electrons. The van der Waals surface area contributed by atoms with Crippen molar-refractivity contribution >= 4 is 27.4 Å². The Morgan fingerprint density at radius 1 is 1.07 bits per heavy atom. The Kier molecular flexibility index (Phi) is 4.47. The Morgan fingerprint density at radius 2 is 1.77 bits per heavy atom. The van der Waals surface area contributed by atoms with Crippen LogP contribution < -0.4 is 0 Å². The molecule has 4 nitrogen and oxygen atoms in total. The van der Waals surface area contributed by atoms with Crippen molar-refractivity contribution in [3.8, 4) is 5.75 Å². The lowest BCUT2D eigenvalue weighted by Crippen LogP contribution is -2.17. The zero-order valence-electron chi connectivity index (χ0n) is 16.4. The third-order valence-electron chi connectivity index (χ3n) is 5.44. The molecule has 0 aromatic heterocycles. The minimum Gasteiger partial charge on any atom is -0.508 e. The number of allylic oxidation sites excluding steroid dienone is 4. The number of halogens is 2. The van der Waals surface area contributed by atoms with Crippen molar-refractivity contribution in [2.45, 2.75) is 11.8 Å². The van der Waals surface area contributed by atoms with E-state index >= 15 is 4.39 Å². The van der Waals surface area contributed by atoms with Crippen LogP contribution in [-0.2, 0) is 4.79 Å². The maximum atomic E-state index is 15.2. The number of carbonyl (C=O) groups is 2. The first-order valence-electron chi connectivity index (χ1n) is 9.01. The normalized spacial score (nSPS) is 17.9. The molecule has 7 heteroatoms. The van der Waals surface area contributed by atoms with Crippen molar-refractivity contribution in [3.05, 3.63) is 86.9 Å². The van der Waals surface area contributed by atoms with Gasteiger partial charge in [0.2, 0.25) is 0 Å². The molecule has 1 heterocycles. The minimum atomic E-state index is -1.74. The summed E-state index contributed by atoms with van der Waals surface area (Å²) in [5.74, 6) is -4.42. The van der Waals surface area contributed by atoms with Crippen molar-refractivity contribution in [3.63, 3.8) is 0 Å². The lowest BCUT2D eigenvalue weighted by Gasteiger charge is -2.43. The van der Waals surface area contributed by atoms with Gasteiger partial charge in [0.15, 0.2) is 17.4 Å². The molecule has 1 aliphatic heterocycles. The number of aromatic hydroxyl groups is 1. The van der Waals surface area contributed by atoms with E-state index < -0.39 is 33.2 Å². The van der Waals surface area contributed by atoms with Gasteiger partial charge in [0.05, 0.1) is 5.56 Å². The van der Waals surface area contributed by atoms with Gasteiger partial charge >= 0.3 is 5.97 Å². The van der Waals surface area contributed by atoms with Crippen LogP contribution in [-0.4, -0.2) is 34.5 Å². The molecule has 2 N–H and O–H groups in total. The lowest BCUT2D eigenvalue weighted by molar-refractivity contribution is -0.110. The molecule has 0 unspecified atom stereocenters. The van der Waals surface area contributed by atoms with Gasteiger partial charge in [-0.2, -0.15) is 10.0 Å². The van der Waals surface area contributed by atoms with Crippen molar-refractivity contribution in [1.82, 2.24) is 0 Å². The third-order valence-corrected chi connectivity index (χ3v) is 8.32. The molecule has 0 saturated carbocycles. The van der Waals surface area contributed by atoms with Crippen molar-refractivity contribution < 1.29 is 28.6 Å². The summed E-state index contributed by atoms with van der Waals surface area (Å²) in [5, 5.41) is 19.3. The molecule has 0 bridgehead atoms. The van der Waals surface area contributed by atoms with E-state index in [4.69, 9.17) is 0 Å². The minimum absolute atomic E-state index is 0.0278. The molecule has 1 aliphatic carbocycles. The number of carboxylic acid groups (broad SMARTS) is 1. The quantitative estimate of drug-likeness (QED) is 0.711. The monoisotopic (exact) mass is 428 g/mol. The number of phenols is 1. The second-order valence-electron chi connectivity index (χ2n) is 7.59. The highest BCUT2D eigenvalue weighted by molar-refractivity contribution is 8.36. The summed E-state index contributed by atoms with van der Waals surface area (Å²) in [5.41, 5.74) is 1.04. The molecule has 2 aliphatic rings. The largest absolute Gasteiger partial charge is 0.508 e. The molecule has 0 amide bonds. The summed E-state index contributed by atoms with van der Waals surface area (Å²) < 4.78 is 29.9. The average molecular weight is 428 g/mol. The molecular formula is C23H18F2O4S. The van der Waals surface area contributed by atoms with E-state index in [-0.39, 0.29) is 22.7 Å². The van der Waals surface area contributed by atoms with E-state index in [1.165, 1.54) is 25.1 Å². The van der Waals surface area contributed by atoms with Gasteiger partial charge in [-0.1, -0.05) is 0 Å². The van der Waals surface area contributed by atoms with Gasteiger partial charge < -0.3 is 10.2 Å². The number of carbonyl (C=O) groups excluding carboxylic acids is 1. The summed E-state index contributed by atoms with van der Waals surface area (Å²) in [6, 6.07) is 5.80. The second kappa shape index (κ2) is 6.67. The molecular weight excluding hydrogens is 410 g/mol. The number of aryl methyl sites for hydroxylation is 1. The highest BCUT2D eigenvalue weighted by Gasteiger charge is 2.37. The van der Waals surface area contributed by atoms with E-state index in [1.54, 1.807) is 18.2 Å². The van der Waals surface area contributed by atoms with Crippen LogP contribution in [0.2, 0.25) is 0 Å². The van der Waals surface area contributed by atoms with Crippen molar-refractivity contribution in [1.29, 1.82) is 0 Å². The van der Waals surface area contributed by atoms with Crippen LogP contribution in [0.1, 0.15) is 27.0 Å². The van der Waals surface area contributed by atoms with Gasteiger partial charge in [0.25, 0.3) is 0 Å². The summed E-state index contributed by atoms with van der Waals surface area (Å²) in [7, 11) is -1.74. The van der Waals surface area contributed by atoms with Crippen molar-refractivity contribution in [2.75, 3.05) is 12.5 Å². The van der Waals surface area contributed by atoms with Gasteiger partial charge in [-0.15, -0.1) is 0 Å². The van der Waals surface area contributed by atoms with E-state index in [0.717, 1.165) is 11.0 Å². The van der Waals surface area contributed by atoms with Crippen LogP contribution >= 0.6 is 10.0 Å². The number of ketones is 1. The fourth-order valence-electron chi connectivity index (χ4n) is 4.02. The highest BCUT2D eigenvalue weighted by atomic mass is 32.3. The number of rotatable bonds is 2. The molecule has 0 saturated heterocycles. The predicted octanol–water partition coefficient (Wildman–Crippen LogP) is 4.94. The van der Waals surface area contributed by atoms with Crippen molar-refractivity contribution in [2.24, 2.45) is 0 Å². The first kappa shape index (κ1) is 20.1. The summed E-state index contributed by atoms with van der Waals surface area (Å²) >= 11 is 0. The van der Waals surface area contributed by atoms with Crippen LogP contribution in [0.4, 0.5) is 8.78 Å². The first-order valence-corrected chi connectivity index (χ1v) is 11.5. The topological polar surface area (TPSA) is 74.6 Å². The number of carboxylic acids is 1. The lowest BCUT2D eigenvalue weighted by atomic mass is 9.86. The summed E-state index contributed by atoms with van der Waals surface area (Å²) in [6.07, 6.45) is 8.40. The Labute approximate surface area is 173 Å². The number of phenolic OH excluding ortho intramolecular Hbond substituents is 1. The molecule has 0 atom stereocenters. The molecule has 4 rings (SSSR count). The Balaban J connectivity index is 2.16. The van der Waals surface area contributed by atoms with Crippen LogP contribution in [0.15, 0.2) is 57.9 Å². The maximum Gasteiger partial charge on any atom is 0.338 e. The fourth-order valence-corrected chi connectivity index (χ4v) is 6.52. The predicted molar refractivity (Wildman–Crippen MR) is 112 cm³/mol. The number of hydrogen-bond donors (Lipinski definition) is 2. The average Bonchev–Trinajstić information content (AvgIpc) is 2.67. The zero-order valence-corrected chi connectivity index (χ0v) is 17.2. The Hall–Kier alpha value is -3.19. The van der Waals surface area contributed by atoms with Gasteiger partial charge in [-0.05, 0) is 78.6 Å². The van der Waals surface area contributed by atoms with Crippen LogP contribution in [0.25, 0.3) is 5.57 Å². The van der Waals surface area contributed by atoms with E-state index in [1.807, 2.05) is 12.5 Å². The molecule has 0 fully saturated rings. The van der Waals surface area contributed by atoms with Crippen LogP contribution in [0.5, 0.6) is 5.75 Å². The van der Waals surface area contributed by atoms with E-state index in [9.17, 15) is 24.2 Å². The van der Waals surface area contributed by atoms with Crippen LogP contribution in [0.3, 0.4) is 0 Å². The summed E-state index contributed by atoms with van der Waals surface area (Å²) in [4.78, 5) is 24.8. The molecule has 0 spiro atoms. The van der Waals surface area contributed by atoms with Gasteiger partial charge in [-0.3, -0.25) is 4.79 Å². The Morgan fingerprint density at radius 3 is 2.43 bits per heavy atom. The third kappa shape index (κ3) is 2.81. The fraction of sp³-hybridized carbons (Fsp3) is 0.130. The number of aromatic carboxylic acids is 1. The standard InChI is InChI=1S/C23H18F2O4S/c1-11-8-16(23(28)29)21(24)22(25)19(11)20-14-6-4-12(26)9-17(14)30(2,3)18-10-13(27)5-7-15(18)20/h4-10,26H,1-3H3,(H,28,29). The highest BCUT2D eigenvalue weighted by Crippen LogP contribution is 2.66. The second-order valence-corrected chi connectivity index (χ2v) is 11.1. The number of hydrogen-bond acceptors (Lipinski definition) is 3. The van der Waals surface area contributed by atoms with Crippen LogP contribution in [0, 0.1) is 18.6 Å².